The van der Waals surface area contributed by atoms with Gasteiger partial charge in [0.05, 0.1) is 0 Å². The number of hydrogen-bond acceptors (Lipinski definition) is 0. The quantitative estimate of drug-likeness (QED) is 0.427. The van der Waals surface area contributed by atoms with Crippen molar-refractivity contribution in [3.63, 3.8) is 0 Å². The van der Waals surface area contributed by atoms with E-state index in [1.54, 1.807) is 5.98 Å². The van der Waals surface area contributed by atoms with Crippen LogP contribution in [0.5, 0.6) is 0 Å². The van der Waals surface area contributed by atoms with E-state index in [0.717, 1.165) is 12.8 Å². The van der Waals surface area contributed by atoms with Gasteiger partial charge in [-0.2, -0.15) is 0 Å². The van der Waals surface area contributed by atoms with Crippen molar-refractivity contribution in [3.8, 4) is 0 Å². The topological polar surface area (TPSA) is 0 Å². The third kappa shape index (κ3) is 6.02. The van der Waals surface area contributed by atoms with Crippen LogP contribution >= 0.6 is 0 Å². The van der Waals surface area contributed by atoms with Crippen LogP contribution in [0.3, 0.4) is 0 Å². The van der Waals surface area contributed by atoms with Crippen LogP contribution < -0.4 is 0 Å². The zero-order valence-corrected chi connectivity index (χ0v) is 8.09. The molecule has 0 rings (SSSR count). The van der Waals surface area contributed by atoms with Gasteiger partial charge in [0.25, 0.3) is 0 Å². The van der Waals surface area contributed by atoms with E-state index in [-0.39, 0.29) is 0 Å². The van der Waals surface area contributed by atoms with Gasteiger partial charge in [-0.25, -0.2) is 0 Å². The van der Waals surface area contributed by atoms with Crippen LogP contribution in [-0.4, -0.2) is 7.85 Å². The number of rotatable bonds is 5. The minimum atomic E-state index is 1.03. The van der Waals surface area contributed by atoms with Crippen LogP contribution in [0.25, 0.3) is 0 Å². The van der Waals surface area contributed by atoms with Crippen molar-refractivity contribution < 1.29 is 0 Å². The molecule has 0 aromatic rings. The second-order valence-electron chi connectivity index (χ2n) is 2.67. The molecule has 0 aliphatic rings. The van der Waals surface area contributed by atoms with E-state index >= 15 is 0 Å². The summed E-state index contributed by atoms with van der Waals surface area (Å²) in [5.41, 5.74) is 1.27. The van der Waals surface area contributed by atoms with Crippen LogP contribution in [0.2, 0.25) is 0 Å². The lowest BCUT2D eigenvalue weighted by Gasteiger charge is -1.92. The summed E-state index contributed by atoms with van der Waals surface area (Å²) >= 11 is 0. The largest absolute Gasteiger partial charge is 0.131 e. The molecular formula is C11H17B. The zero-order chi connectivity index (χ0) is 9.23. The molecule has 64 valence electrons. The molecule has 0 fully saturated rings. The summed E-state index contributed by atoms with van der Waals surface area (Å²) < 4.78 is 0. The summed E-state index contributed by atoms with van der Waals surface area (Å²) in [6, 6.07) is 0. The van der Waals surface area contributed by atoms with Gasteiger partial charge < -0.3 is 0 Å². The van der Waals surface area contributed by atoms with E-state index in [4.69, 9.17) is 7.85 Å². The molecular weight excluding hydrogens is 143 g/mol. The van der Waals surface area contributed by atoms with Gasteiger partial charge in [0, 0.05) is 0 Å². The van der Waals surface area contributed by atoms with E-state index in [1.165, 1.54) is 12.0 Å². The van der Waals surface area contributed by atoms with E-state index in [1.807, 2.05) is 6.08 Å². The molecule has 0 aliphatic heterocycles. The first kappa shape index (κ1) is 11.3. The van der Waals surface area contributed by atoms with Gasteiger partial charge in [-0.1, -0.05) is 44.6 Å². The summed E-state index contributed by atoms with van der Waals surface area (Å²) in [5.74, 6) is 1.59. The van der Waals surface area contributed by atoms with Gasteiger partial charge in [-0.05, 0) is 18.4 Å². The van der Waals surface area contributed by atoms with Gasteiger partial charge >= 0.3 is 0 Å². The van der Waals surface area contributed by atoms with Gasteiger partial charge in [-0.3, -0.25) is 0 Å². The highest BCUT2D eigenvalue weighted by molar-refractivity contribution is 6.17. The Morgan fingerprint density at radius 1 is 1.33 bits per heavy atom. The van der Waals surface area contributed by atoms with Crippen molar-refractivity contribution in [2.75, 3.05) is 0 Å². The van der Waals surface area contributed by atoms with E-state index in [9.17, 15) is 0 Å². The molecule has 1 heteroatoms. The maximum atomic E-state index is 5.29. The summed E-state index contributed by atoms with van der Waals surface area (Å²) in [7, 11) is 5.29. The maximum Gasteiger partial charge on any atom is 0.102 e. The number of unbranched alkanes of at least 4 members (excludes halogenated alkanes) is 1. The molecule has 0 aromatic carbocycles. The Morgan fingerprint density at radius 3 is 2.58 bits per heavy atom. The van der Waals surface area contributed by atoms with Crippen LogP contribution in [0.1, 0.15) is 33.1 Å². The van der Waals surface area contributed by atoms with Crippen LogP contribution in [-0.2, 0) is 0 Å². The third-order valence-corrected chi connectivity index (χ3v) is 1.62. The molecule has 0 saturated heterocycles. The molecule has 0 amide bonds. The predicted molar refractivity (Wildman–Crippen MR) is 57.3 cm³/mol. The molecule has 0 bridgehead atoms. The van der Waals surface area contributed by atoms with Crippen molar-refractivity contribution in [2.24, 2.45) is 0 Å². The van der Waals surface area contributed by atoms with E-state index in [0.29, 0.717) is 0 Å². The molecule has 0 aliphatic carbocycles. The van der Waals surface area contributed by atoms with E-state index < -0.39 is 0 Å². The summed E-state index contributed by atoms with van der Waals surface area (Å²) in [4.78, 5) is 0. The molecule has 0 unspecified atom stereocenters. The van der Waals surface area contributed by atoms with Crippen molar-refractivity contribution in [2.45, 2.75) is 33.1 Å². The molecule has 0 aromatic heterocycles. The Morgan fingerprint density at radius 2 is 2.08 bits per heavy atom. The van der Waals surface area contributed by atoms with Gasteiger partial charge in [0.1, 0.15) is 7.85 Å². The third-order valence-electron chi connectivity index (χ3n) is 1.62. The Labute approximate surface area is 77.5 Å². The molecule has 0 saturated carbocycles. The first-order chi connectivity index (χ1) is 5.85. The molecule has 0 atom stereocenters. The number of hydrogen-bond donors (Lipinski definition) is 0. The van der Waals surface area contributed by atoms with Crippen LogP contribution in [0.4, 0.5) is 0 Å². The molecule has 0 N–H and O–H groups in total. The number of allylic oxidation sites excluding steroid dienone is 5. The lowest BCUT2D eigenvalue weighted by Crippen LogP contribution is -1.72. The minimum absolute atomic E-state index is 1.03. The smallest absolute Gasteiger partial charge is 0.102 e. The van der Waals surface area contributed by atoms with Crippen molar-refractivity contribution >= 4 is 7.85 Å². The summed E-state index contributed by atoms with van der Waals surface area (Å²) in [5, 5.41) is 0. The van der Waals surface area contributed by atoms with Crippen molar-refractivity contribution in [1.29, 1.82) is 0 Å². The maximum absolute atomic E-state index is 5.29. The second-order valence-corrected chi connectivity index (χ2v) is 2.67. The Hall–Kier alpha value is -0.715. The average molecular weight is 160 g/mol. The standard InChI is InChI=1S/C11H17B/c1-3-5-6-7-8-11(4-2)9-10-12/h6-10H,3-5H2,1-2H3/b7-6+,10-9-,11-8-. The highest BCUT2D eigenvalue weighted by atomic mass is 13.9. The fraction of sp³-hybridized carbons (Fsp3) is 0.455. The molecule has 0 nitrogen and oxygen atoms in total. The first-order valence-electron chi connectivity index (χ1n) is 4.59. The molecule has 2 radical (unpaired) electrons. The zero-order valence-electron chi connectivity index (χ0n) is 8.09. The first-order valence-corrected chi connectivity index (χ1v) is 4.59. The monoisotopic (exact) mass is 160 g/mol. The lowest BCUT2D eigenvalue weighted by atomic mass is 10.1. The molecule has 0 spiro atoms. The van der Waals surface area contributed by atoms with Crippen LogP contribution in [0, 0.1) is 0 Å². The van der Waals surface area contributed by atoms with Gasteiger partial charge in [0.15, 0.2) is 0 Å². The fourth-order valence-electron chi connectivity index (χ4n) is 0.869. The second kappa shape index (κ2) is 8.38. The summed E-state index contributed by atoms with van der Waals surface area (Å²) in [6.07, 6.45) is 11.7. The molecule has 0 heterocycles. The van der Waals surface area contributed by atoms with Gasteiger partial charge in [0.2, 0.25) is 0 Å². The Balaban J connectivity index is 3.93. The minimum Gasteiger partial charge on any atom is -0.131 e. The average Bonchev–Trinajstić information content (AvgIpc) is 2.10. The summed E-state index contributed by atoms with van der Waals surface area (Å²) in [6.45, 7) is 4.30. The normalized spacial score (nSPS) is 13.3. The Bertz CT molecular complexity index is 175. The van der Waals surface area contributed by atoms with Gasteiger partial charge in [-0.15, -0.1) is 5.98 Å². The van der Waals surface area contributed by atoms with E-state index in [2.05, 4.69) is 32.1 Å². The highest BCUT2D eigenvalue weighted by Crippen LogP contribution is 2.02. The predicted octanol–water partition coefficient (Wildman–Crippen LogP) is 3.36. The SMILES string of the molecule is [B]\C=C/C(=C\C=C\CCC)CC. The molecule has 12 heavy (non-hydrogen) atoms. The lowest BCUT2D eigenvalue weighted by molar-refractivity contribution is 0.958. The van der Waals surface area contributed by atoms with Crippen molar-refractivity contribution in [3.05, 3.63) is 35.9 Å². The fourth-order valence-corrected chi connectivity index (χ4v) is 0.869. The highest BCUT2D eigenvalue weighted by Gasteiger charge is 1.82. The van der Waals surface area contributed by atoms with Crippen LogP contribution in [0.15, 0.2) is 35.9 Å². The Kier molecular flexibility index (Phi) is 7.88. The van der Waals surface area contributed by atoms with Crippen molar-refractivity contribution in [1.82, 2.24) is 0 Å².